The molecular weight excluding hydrogens is 276 g/mol. The Hall–Kier alpha value is -1.08. The SMILES string of the molecule is COc1ccc(S(=O)(=O)NC/C=C/CN)cc1Cl. The summed E-state index contributed by atoms with van der Waals surface area (Å²) in [5.74, 6) is 0.429. The van der Waals surface area contributed by atoms with Crippen LogP contribution >= 0.6 is 11.6 Å². The highest BCUT2D eigenvalue weighted by Crippen LogP contribution is 2.26. The zero-order valence-electron chi connectivity index (χ0n) is 9.89. The van der Waals surface area contributed by atoms with Crippen LogP contribution in [0.1, 0.15) is 0 Å². The molecule has 0 aliphatic carbocycles. The van der Waals surface area contributed by atoms with Gasteiger partial charge in [-0.25, -0.2) is 13.1 Å². The minimum Gasteiger partial charge on any atom is -0.495 e. The van der Waals surface area contributed by atoms with Crippen LogP contribution in [-0.2, 0) is 10.0 Å². The lowest BCUT2D eigenvalue weighted by molar-refractivity contribution is 0.414. The molecule has 1 aromatic rings. The molecule has 0 saturated carbocycles. The molecule has 0 aliphatic heterocycles. The van der Waals surface area contributed by atoms with Gasteiger partial charge < -0.3 is 10.5 Å². The predicted octanol–water partition coefficient (Wildman–Crippen LogP) is 1.14. The molecule has 7 heteroatoms. The Morgan fingerprint density at radius 3 is 2.72 bits per heavy atom. The molecular formula is C11H15ClN2O3S. The summed E-state index contributed by atoms with van der Waals surface area (Å²) in [7, 11) is -2.11. The zero-order valence-corrected chi connectivity index (χ0v) is 11.5. The van der Waals surface area contributed by atoms with Gasteiger partial charge >= 0.3 is 0 Å². The minimum absolute atomic E-state index is 0.0921. The number of nitrogens with one attached hydrogen (secondary N) is 1. The lowest BCUT2D eigenvalue weighted by atomic mass is 10.3. The number of benzene rings is 1. The van der Waals surface area contributed by atoms with Crippen molar-refractivity contribution in [3.05, 3.63) is 35.4 Å². The summed E-state index contributed by atoms with van der Waals surface area (Å²) in [6.45, 7) is 0.555. The molecule has 3 N–H and O–H groups in total. The molecule has 0 aliphatic rings. The number of ether oxygens (including phenoxy) is 1. The molecule has 18 heavy (non-hydrogen) atoms. The molecule has 0 atom stereocenters. The fraction of sp³-hybridized carbons (Fsp3) is 0.273. The molecule has 5 nitrogen and oxygen atoms in total. The number of hydrogen-bond acceptors (Lipinski definition) is 4. The Kier molecular flexibility index (Phi) is 5.61. The van der Waals surface area contributed by atoms with E-state index in [1.807, 2.05) is 0 Å². The molecule has 0 heterocycles. The van der Waals surface area contributed by atoms with Crippen LogP contribution in [-0.4, -0.2) is 28.6 Å². The van der Waals surface area contributed by atoms with E-state index in [1.165, 1.54) is 25.3 Å². The lowest BCUT2D eigenvalue weighted by Gasteiger charge is -2.07. The average Bonchev–Trinajstić information content (AvgIpc) is 2.34. The molecule has 1 aromatic carbocycles. The fourth-order valence-corrected chi connectivity index (χ4v) is 2.56. The number of hydrogen-bond donors (Lipinski definition) is 2. The van der Waals surface area contributed by atoms with E-state index in [0.717, 1.165) is 0 Å². The zero-order chi connectivity index (χ0) is 13.6. The lowest BCUT2D eigenvalue weighted by Crippen LogP contribution is -2.23. The monoisotopic (exact) mass is 290 g/mol. The van der Waals surface area contributed by atoms with Gasteiger partial charge in [-0.15, -0.1) is 0 Å². The van der Waals surface area contributed by atoms with Gasteiger partial charge in [0.25, 0.3) is 0 Å². The van der Waals surface area contributed by atoms with Crippen LogP contribution in [0.4, 0.5) is 0 Å². The van der Waals surface area contributed by atoms with Gasteiger partial charge in [0.1, 0.15) is 5.75 Å². The molecule has 100 valence electrons. The number of nitrogens with two attached hydrogens (primary N) is 1. The van der Waals surface area contributed by atoms with E-state index in [-0.39, 0.29) is 16.5 Å². The van der Waals surface area contributed by atoms with Crippen molar-refractivity contribution in [1.29, 1.82) is 0 Å². The van der Waals surface area contributed by atoms with Crippen molar-refractivity contribution in [3.63, 3.8) is 0 Å². The summed E-state index contributed by atoms with van der Waals surface area (Å²) in [5.41, 5.74) is 5.25. The normalized spacial score (nSPS) is 11.9. The van der Waals surface area contributed by atoms with Gasteiger partial charge in [0, 0.05) is 13.1 Å². The third-order valence-electron chi connectivity index (χ3n) is 2.13. The Bertz CT molecular complexity index is 529. The Labute approximate surface area is 112 Å². The summed E-state index contributed by atoms with van der Waals surface area (Å²) < 4.78 is 31.1. The van der Waals surface area contributed by atoms with Crippen LogP contribution in [0.2, 0.25) is 5.02 Å². The third kappa shape index (κ3) is 3.99. The van der Waals surface area contributed by atoms with Crippen molar-refractivity contribution in [2.75, 3.05) is 20.2 Å². The van der Waals surface area contributed by atoms with Gasteiger partial charge in [0.2, 0.25) is 10.0 Å². The molecule has 0 amide bonds. The van der Waals surface area contributed by atoms with E-state index < -0.39 is 10.0 Å². The number of sulfonamides is 1. The van der Waals surface area contributed by atoms with Crippen LogP contribution in [0.15, 0.2) is 35.2 Å². The fourth-order valence-electron chi connectivity index (χ4n) is 1.23. The quantitative estimate of drug-likeness (QED) is 0.770. The van der Waals surface area contributed by atoms with E-state index in [2.05, 4.69) is 4.72 Å². The first-order chi connectivity index (χ1) is 8.51. The topological polar surface area (TPSA) is 81.4 Å². The van der Waals surface area contributed by atoms with Gasteiger partial charge in [-0.1, -0.05) is 23.8 Å². The van der Waals surface area contributed by atoms with Crippen molar-refractivity contribution in [1.82, 2.24) is 4.72 Å². The van der Waals surface area contributed by atoms with Crippen LogP contribution < -0.4 is 15.2 Å². The van der Waals surface area contributed by atoms with Crippen molar-refractivity contribution in [3.8, 4) is 5.75 Å². The molecule has 0 radical (unpaired) electrons. The minimum atomic E-state index is -3.57. The Morgan fingerprint density at radius 1 is 1.44 bits per heavy atom. The van der Waals surface area contributed by atoms with E-state index >= 15 is 0 Å². The van der Waals surface area contributed by atoms with Crippen LogP contribution in [0.3, 0.4) is 0 Å². The summed E-state index contributed by atoms with van der Waals surface area (Å²) in [5, 5.41) is 0.248. The predicted molar refractivity (Wildman–Crippen MR) is 71.4 cm³/mol. The maximum Gasteiger partial charge on any atom is 0.240 e. The standard InChI is InChI=1S/C11H15ClN2O3S/c1-17-11-5-4-9(8-10(11)12)18(15,16)14-7-3-2-6-13/h2-5,8,14H,6-7,13H2,1H3/b3-2+. The van der Waals surface area contributed by atoms with Crippen LogP contribution in [0.5, 0.6) is 5.75 Å². The second-order valence-electron chi connectivity index (χ2n) is 3.36. The summed E-state index contributed by atoms with van der Waals surface area (Å²) in [6.07, 6.45) is 3.31. The largest absolute Gasteiger partial charge is 0.495 e. The van der Waals surface area contributed by atoms with Crippen LogP contribution in [0.25, 0.3) is 0 Å². The van der Waals surface area contributed by atoms with Crippen molar-refractivity contribution in [2.24, 2.45) is 5.73 Å². The molecule has 0 spiro atoms. The molecule has 0 bridgehead atoms. The van der Waals surface area contributed by atoms with Crippen molar-refractivity contribution < 1.29 is 13.2 Å². The molecule has 0 aromatic heterocycles. The molecule has 0 saturated heterocycles. The van der Waals surface area contributed by atoms with E-state index in [9.17, 15) is 8.42 Å². The number of methoxy groups -OCH3 is 1. The Balaban J connectivity index is 2.85. The first-order valence-electron chi connectivity index (χ1n) is 5.19. The number of rotatable bonds is 6. The molecule has 0 unspecified atom stereocenters. The smallest absolute Gasteiger partial charge is 0.240 e. The molecule has 0 fully saturated rings. The first kappa shape index (κ1) is 15.0. The maximum atomic E-state index is 11.9. The highest BCUT2D eigenvalue weighted by atomic mass is 35.5. The van der Waals surface area contributed by atoms with E-state index in [0.29, 0.717) is 12.3 Å². The highest BCUT2D eigenvalue weighted by Gasteiger charge is 2.14. The summed E-state index contributed by atoms with van der Waals surface area (Å²) in [6, 6.07) is 4.28. The second kappa shape index (κ2) is 6.75. The average molecular weight is 291 g/mol. The second-order valence-corrected chi connectivity index (χ2v) is 5.53. The van der Waals surface area contributed by atoms with E-state index in [4.69, 9.17) is 22.1 Å². The number of halogens is 1. The first-order valence-corrected chi connectivity index (χ1v) is 7.05. The van der Waals surface area contributed by atoms with Crippen molar-refractivity contribution in [2.45, 2.75) is 4.90 Å². The van der Waals surface area contributed by atoms with Gasteiger partial charge in [-0.2, -0.15) is 0 Å². The Morgan fingerprint density at radius 2 is 2.17 bits per heavy atom. The summed E-state index contributed by atoms with van der Waals surface area (Å²) in [4.78, 5) is 0.0921. The third-order valence-corrected chi connectivity index (χ3v) is 3.84. The van der Waals surface area contributed by atoms with Crippen LogP contribution in [0, 0.1) is 0 Å². The summed E-state index contributed by atoms with van der Waals surface area (Å²) >= 11 is 5.87. The van der Waals surface area contributed by atoms with E-state index in [1.54, 1.807) is 12.2 Å². The van der Waals surface area contributed by atoms with Gasteiger partial charge in [-0.3, -0.25) is 0 Å². The van der Waals surface area contributed by atoms with Gasteiger partial charge in [0.05, 0.1) is 17.0 Å². The maximum absolute atomic E-state index is 11.9. The highest BCUT2D eigenvalue weighted by molar-refractivity contribution is 7.89. The van der Waals surface area contributed by atoms with Crippen molar-refractivity contribution >= 4 is 21.6 Å². The molecule has 1 rings (SSSR count). The van der Waals surface area contributed by atoms with Gasteiger partial charge in [-0.05, 0) is 18.2 Å². The van der Waals surface area contributed by atoms with Gasteiger partial charge in [0.15, 0.2) is 0 Å².